The summed E-state index contributed by atoms with van der Waals surface area (Å²) in [5.41, 5.74) is 1.69. The van der Waals surface area contributed by atoms with Gasteiger partial charge < -0.3 is 15.0 Å². The van der Waals surface area contributed by atoms with Crippen molar-refractivity contribution in [1.29, 1.82) is 0 Å². The third kappa shape index (κ3) is 8.32. The number of hydrogen-bond acceptors (Lipinski definition) is 5. The van der Waals surface area contributed by atoms with Crippen LogP contribution >= 0.6 is 0 Å². The van der Waals surface area contributed by atoms with Crippen molar-refractivity contribution >= 4 is 27.7 Å². The lowest BCUT2D eigenvalue weighted by molar-refractivity contribution is -0.140. The number of nitrogens with one attached hydrogen (secondary N) is 1. The molecule has 0 bridgehead atoms. The van der Waals surface area contributed by atoms with Gasteiger partial charge in [-0.15, -0.1) is 0 Å². The summed E-state index contributed by atoms with van der Waals surface area (Å²) in [7, 11) is 0.0968. The van der Waals surface area contributed by atoms with Gasteiger partial charge in [-0.3, -0.25) is 9.59 Å². The third-order valence-electron chi connectivity index (χ3n) is 7.59. The molecule has 0 unspecified atom stereocenters. The van der Waals surface area contributed by atoms with Gasteiger partial charge in [0.2, 0.25) is 11.8 Å². The van der Waals surface area contributed by atoms with E-state index in [4.69, 9.17) is 4.74 Å². The van der Waals surface area contributed by atoms with Gasteiger partial charge in [0.15, 0.2) is 0 Å². The van der Waals surface area contributed by atoms with Crippen LogP contribution in [0.15, 0.2) is 78.9 Å². The Bertz CT molecular complexity index is 1480. The van der Waals surface area contributed by atoms with Crippen LogP contribution in [-0.2, 0) is 32.8 Å². The molecule has 1 atom stereocenters. The van der Waals surface area contributed by atoms with E-state index >= 15 is 0 Å². The Balaban J connectivity index is 1.76. The molecule has 1 aliphatic carbocycles. The summed E-state index contributed by atoms with van der Waals surface area (Å²) < 4.78 is 47.9. The van der Waals surface area contributed by atoms with Crippen LogP contribution in [0.3, 0.4) is 0 Å². The summed E-state index contributed by atoms with van der Waals surface area (Å²) in [4.78, 5) is 29.7. The van der Waals surface area contributed by atoms with Crippen LogP contribution in [0.4, 0.5) is 10.1 Å². The van der Waals surface area contributed by atoms with Gasteiger partial charge in [-0.1, -0.05) is 55.3 Å². The predicted molar refractivity (Wildman–Crippen MR) is 164 cm³/mol. The van der Waals surface area contributed by atoms with Gasteiger partial charge in [-0.25, -0.2) is 8.70 Å². The number of halogens is 1. The molecule has 1 fully saturated rings. The van der Waals surface area contributed by atoms with Crippen LogP contribution in [0.5, 0.6) is 5.75 Å². The molecule has 2 amide bonds. The minimum atomic E-state index is -4.16. The second kappa shape index (κ2) is 14.5. The lowest BCUT2D eigenvalue weighted by Gasteiger charge is -2.35. The van der Waals surface area contributed by atoms with Crippen molar-refractivity contribution in [3.8, 4) is 5.75 Å². The summed E-state index contributed by atoms with van der Waals surface area (Å²) in [6, 6.07) is 20.6. The molecule has 11 heteroatoms. The van der Waals surface area contributed by atoms with Gasteiger partial charge >= 0.3 is 10.2 Å². The largest absolute Gasteiger partial charge is 0.497 e. The predicted octanol–water partition coefficient (Wildman–Crippen LogP) is 4.15. The van der Waals surface area contributed by atoms with Crippen molar-refractivity contribution in [3.63, 3.8) is 0 Å². The van der Waals surface area contributed by atoms with Gasteiger partial charge in [0, 0.05) is 33.1 Å². The zero-order valence-corrected chi connectivity index (χ0v) is 25.6. The van der Waals surface area contributed by atoms with E-state index in [0.29, 0.717) is 11.3 Å². The second-order valence-electron chi connectivity index (χ2n) is 10.8. The number of methoxy groups -OCH3 is 1. The molecule has 0 heterocycles. The Labute approximate surface area is 253 Å². The summed E-state index contributed by atoms with van der Waals surface area (Å²) in [6.45, 7) is -0.566. The van der Waals surface area contributed by atoms with Gasteiger partial charge in [-0.2, -0.15) is 12.7 Å². The van der Waals surface area contributed by atoms with Gasteiger partial charge in [-0.05, 0) is 60.4 Å². The van der Waals surface area contributed by atoms with Gasteiger partial charge in [0.25, 0.3) is 0 Å². The van der Waals surface area contributed by atoms with Crippen LogP contribution in [0.25, 0.3) is 0 Å². The first-order valence-electron chi connectivity index (χ1n) is 14.3. The van der Waals surface area contributed by atoms with E-state index in [1.807, 2.05) is 36.4 Å². The maximum Gasteiger partial charge on any atom is 0.304 e. The molecular weight excluding hydrogens is 571 g/mol. The fourth-order valence-electron chi connectivity index (χ4n) is 5.21. The fourth-order valence-corrected chi connectivity index (χ4v) is 6.27. The summed E-state index contributed by atoms with van der Waals surface area (Å²) >= 11 is 0. The van der Waals surface area contributed by atoms with E-state index in [9.17, 15) is 22.4 Å². The SMILES string of the molecule is COc1cccc(CN(C(=O)CN(c2ccc(F)cc2)S(=O)(=O)N(C)C)[C@H](Cc2ccccc2)C(=O)NC2CCCC2)c1. The molecule has 0 aromatic heterocycles. The number of rotatable bonds is 13. The number of amides is 2. The number of carbonyl (C=O) groups excluding carboxylic acids is 2. The highest BCUT2D eigenvalue weighted by Gasteiger charge is 2.35. The monoisotopic (exact) mass is 610 g/mol. The van der Waals surface area contributed by atoms with E-state index in [-0.39, 0.29) is 30.6 Å². The molecule has 3 aromatic carbocycles. The Kier molecular flexibility index (Phi) is 10.8. The molecule has 1 aliphatic rings. The quantitative estimate of drug-likeness (QED) is 0.314. The molecule has 0 aliphatic heterocycles. The highest BCUT2D eigenvalue weighted by Crippen LogP contribution is 2.24. The van der Waals surface area contributed by atoms with E-state index in [2.05, 4.69) is 5.32 Å². The van der Waals surface area contributed by atoms with E-state index < -0.39 is 34.5 Å². The van der Waals surface area contributed by atoms with Crippen LogP contribution < -0.4 is 14.4 Å². The first kappa shape index (κ1) is 32.0. The number of ether oxygens (including phenoxy) is 1. The molecule has 230 valence electrons. The van der Waals surface area contributed by atoms with Crippen molar-refractivity contribution in [2.24, 2.45) is 0 Å². The summed E-state index contributed by atoms with van der Waals surface area (Å²) in [5.74, 6) is -0.831. The van der Waals surface area contributed by atoms with E-state index in [1.54, 1.807) is 25.3 Å². The zero-order chi connectivity index (χ0) is 31.0. The van der Waals surface area contributed by atoms with Crippen LogP contribution in [-0.4, -0.2) is 69.3 Å². The molecule has 0 spiro atoms. The first-order chi connectivity index (χ1) is 20.6. The molecule has 0 saturated heterocycles. The minimum absolute atomic E-state index is 0.0179. The molecule has 43 heavy (non-hydrogen) atoms. The van der Waals surface area contributed by atoms with Crippen molar-refractivity contribution in [2.45, 2.75) is 50.7 Å². The minimum Gasteiger partial charge on any atom is -0.497 e. The normalized spacial score (nSPS) is 14.3. The number of benzene rings is 3. The number of nitrogens with zero attached hydrogens (tertiary/aromatic N) is 3. The van der Waals surface area contributed by atoms with E-state index in [1.165, 1.54) is 31.1 Å². The average Bonchev–Trinajstić information content (AvgIpc) is 3.51. The second-order valence-corrected chi connectivity index (χ2v) is 12.9. The van der Waals surface area contributed by atoms with Crippen LogP contribution in [0.1, 0.15) is 36.8 Å². The fraction of sp³-hybridized carbons (Fsp3) is 0.375. The van der Waals surface area contributed by atoms with Crippen molar-refractivity contribution in [1.82, 2.24) is 14.5 Å². The molecule has 1 N–H and O–H groups in total. The molecule has 0 radical (unpaired) electrons. The smallest absolute Gasteiger partial charge is 0.304 e. The van der Waals surface area contributed by atoms with Crippen LogP contribution in [0, 0.1) is 5.82 Å². The first-order valence-corrected chi connectivity index (χ1v) is 15.7. The maximum atomic E-state index is 14.3. The standard InChI is InChI=1S/C32H39FN4O5S/c1-35(2)43(40,41)37(28-18-16-26(33)17-19-28)23-31(38)36(22-25-12-9-15-29(20-25)42-3)30(21-24-10-5-4-6-11-24)32(39)34-27-13-7-8-14-27/h4-6,9-12,15-20,27,30H,7-8,13-14,21-23H2,1-3H3,(H,34,39)/t30-/m1/s1. The highest BCUT2D eigenvalue weighted by atomic mass is 32.2. The summed E-state index contributed by atoms with van der Waals surface area (Å²) in [6.07, 6.45) is 4.01. The molecule has 1 saturated carbocycles. The van der Waals surface area contributed by atoms with Gasteiger partial charge in [0.1, 0.15) is 24.2 Å². The molecule has 3 aromatic rings. The molecule has 4 rings (SSSR count). The maximum absolute atomic E-state index is 14.3. The number of hydrogen-bond donors (Lipinski definition) is 1. The molecule has 9 nitrogen and oxygen atoms in total. The summed E-state index contributed by atoms with van der Waals surface area (Å²) in [5, 5.41) is 3.14. The lowest BCUT2D eigenvalue weighted by atomic mass is 10.0. The Morgan fingerprint density at radius 3 is 2.23 bits per heavy atom. The van der Waals surface area contributed by atoms with Gasteiger partial charge in [0.05, 0.1) is 12.8 Å². The van der Waals surface area contributed by atoms with Crippen LogP contribution in [0.2, 0.25) is 0 Å². The Morgan fingerprint density at radius 2 is 1.60 bits per heavy atom. The topological polar surface area (TPSA) is 99.3 Å². The zero-order valence-electron chi connectivity index (χ0n) is 24.8. The van der Waals surface area contributed by atoms with Crippen molar-refractivity contribution in [3.05, 3.63) is 95.8 Å². The van der Waals surface area contributed by atoms with Crippen molar-refractivity contribution < 1.29 is 27.1 Å². The van der Waals surface area contributed by atoms with E-state index in [0.717, 1.165) is 52.0 Å². The third-order valence-corrected chi connectivity index (χ3v) is 9.41. The number of anilines is 1. The van der Waals surface area contributed by atoms with Crippen molar-refractivity contribution in [2.75, 3.05) is 32.1 Å². The highest BCUT2D eigenvalue weighted by molar-refractivity contribution is 7.90. The number of carbonyl (C=O) groups is 2. The Hall–Kier alpha value is -3.96. The lowest BCUT2D eigenvalue weighted by Crippen LogP contribution is -2.55. The average molecular weight is 611 g/mol. The Morgan fingerprint density at radius 1 is 0.953 bits per heavy atom. The molecular formula is C32H39FN4O5S.